The van der Waals surface area contributed by atoms with E-state index in [1.807, 2.05) is 6.92 Å². The summed E-state index contributed by atoms with van der Waals surface area (Å²) >= 11 is 5.96. The molecule has 0 aliphatic carbocycles. The zero-order valence-corrected chi connectivity index (χ0v) is 15.9. The van der Waals surface area contributed by atoms with Gasteiger partial charge in [-0.3, -0.25) is 0 Å². The summed E-state index contributed by atoms with van der Waals surface area (Å²) < 4.78 is 26.5. The summed E-state index contributed by atoms with van der Waals surface area (Å²) in [6, 6.07) is 8.61. The molecule has 140 valence electrons. The van der Waals surface area contributed by atoms with Gasteiger partial charge in [-0.05, 0) is 48.4 Å². The summed E-state index contributed by atoms with van der Waals surface area (Å²) in [4.78, 5) is 11.9. The van der Waals surface area contributed by atoms with E-state index in [0.717, 1.165) is 5.56 Å². The van der Waals surface area contributed by atoms with Gasteiger partial charge in [-0.1, -0.05) is 11.6 Å². The van der Waals surface area contributed by atoms with Crippen LogP contribution in [0.15, 0.2) is 30.3 Å². The van der Waals surface area contributed by atoms with Crippen molar-refractivity contribution < 1.29 is 28.5 Å². The number of ether oxygens (including phenoxy) is 5. The molecule has 0 spiro atoms. The van der Waals surface area contributed by atoms with Gasteiger partial charge in [-0.2, -0.15) is 0 Å². The molecule has 26 heavy (non-hydrogen) atoms. The Bertz CT molecular complexity index is 750. The van der Waals surface area contributed by atoms with Crippen LogP contribution in [0, 0.1) is 6.92 Å². The minimum atomic E-state index is -0.494. The first-order valence-corrected chi connectivity index (χ1v) is 8.19. The van der Waals surface area contributed by atoms with Gasteiger partial charge >= 0.3 is 5.97 Å². The van der Waals surface area contributed by atoms with Crippen molar-refractivity contribution in [3.63, 3.8) is 0 Å². The van der Waals surface area contributed by atoms with Crippen molar-refractivity contribution in [1.82, 2.24) is 0 Å². The molecule has 0 unspecified atom stereocenters. The van der Waals surface area contributed by atoms with Crippen LogP contribution in [0.2, 0.25) is 5.02 Å². The molecule has 6 nitrogen and oxygen atoms in total. The first-order valence-electron chi connectivity index (χ1n) is 7.82. The van der Waals surface area contributed by atoms with Crippen LogP contribution in [0.25, 0.3) is 0 Å². The number of rotatable bonds is 8. The SMILES string of the molecule is COc1cc(COC(=O)COc2ccc(Cl)c(C)c2)cc(OC)c1OC. The van der Waals surface area contributed by atoms with Gasteiger partial charge in [0.15, 0.2) is 18.1 Å². The van der Waals surface area contributed by atoms with Gasteiger partial charge in [0.25, 0.3) is 0 Å². The van der Waals surface area contributed by atoms with Crippen molar-refractivity contribution in [1.29, 1.82) is 0 Å². The predicted molar refractivity (Wildman–Crippen MR) is 97.6 cm³/mol. The van der Waals surface area contributed by atoms with Gasteiger partial charge in [-0.15, -0.1) is 0 Å². The van der Waals surface area contributed by atoms with Gasteiger partial charge in [-0.25, -0.2) is 4.79 Å². The smallest absolute Gasteiger partial charge is 0.344 e. The number of carbonyl (C=O) groups excluding carboxylic acids is 1. The van der Waals surface area contributed by atoms with Crippen LogP contribution in [-0.4, -0.2) is 33.9 Å². The fourth-order valence-corrected chi connectivity index (χ4v) is 2.39. The van der Waals surface area contributed by atoms with Gasteiger partial charge in [0, 0.05) is 5.02 Å². The summed E-state index contributed by atoms with van der Waals surface area (Å²) in [6.07, 6.45) is 0. The molecule has 0 amide bonds. The zero-order valence-electron chi connectivity index (χ0n) is 15.1. The van der Waals surface area contributed by atoms with E-state index in [4.69, 9.17) is 35.3 Å². The average molecular weight is 381 g/mol. The normalized spacial score (nSPS) is 10.2. The molecule has 0 aromatic heterocycles. The molecule has 0 heterocycles. The van der Waals surface area contributed by atoms with Crippen LogP contribution < -0.4 is 18.9 Å². The Morgan fingerprint density at radius 3 is 2.19 bits per heavy atom. The van der Waals surface area contributed by atoms with E-state index >= 15 is 0 Å². The van der Waals surface area contributed by atoms with E-state index < -0.39 is 5.97 Å². The molecule has 0 atom stereocenters. The summed E-state index contributed by atoms with van der Waals surface area (Å²) in [6.45, 7) is 1.71. The highest BCUT2D eigenvalue weighted by atomic mass is 35.5. The van der Waals surface area contributed by atoms with Crippen molar-refractivity contribution in [3.05, 3.63) is 46.5 Å². The Kier molecular flexibility index (Phi) is 6.97. The van der Waals surface area contributed by atoms with Crippen molar-refractivity contribution in [2.24, 2.45) is 0 Å². The Hall–Kier alpha value is -2.60. The fourth-order valence-electron chi connectivity index (χ4n) is 2.27. The van der Waals surface area contributed by atoms with Crippen molar-refractivity contribution in [3.8, 4) is 23.0 Å². The predicted octanol–water partition coefficient (Wildman–Crippen LogP) is 3.80. The number of hydrogen-bond acceptors (Lipinski definition) is 6. The molecule has 0 radical (unpaired) electrons. The molecule has 0 fully saturated rings. The standard InChI is InChI=1S/C19H21ClO6/c1-12-7-14(5-6-15(12)20)25-11-18(21)26-10-13-8-16(22-2)19(24-4)17(9-13)23-3/h5-9H,10-11H2,1-4H3. The van der Waals surface area contributed by atoms with Crippen LogP contribution >= 0.6 is 11.6 Å². The molecule has 2 aromatic rings. The maximum atomic E-state index is 11.9. The number of benzene rings is 2. The van der Waals surface area contributed by atoms with Gasteiger partial charge < -0.3 is 23.7 Å². The molecule has 0 bridgehead atoms. The molecule has 0 aliphatic heterocycles. The quantitative estimate of drug-likeness (QED) is 0.649. The topological polar surface area (TPSA) is 63.2 Å². The first kappa shape index (κ1) is 19.7. The molecule has 0 aliphatic rings. The Morgan fingerprint density at radius 1 is 1.00 bits per heavy atom. The molecule has 0 saturated carbocycles. The number of carbonyl (C=O) groups is 1. The second kappa shape index (κ2) is 9.20. The number of esters is 1. The van der Waals surface area contributed by atoms with E-state index in [1.165, 1.54) is 21.3 Å². The zero-order chi connectivity index (χ0) is 19.1. The maximum Gasteiger partial charge on any atom is 0.344 e. The lowest BCUT2D eigenvalue weighted by atomic mass is 10.2. The first-order chi connectivity index (χ1) is 12.5. The Balaban J connectivity index is 1.95. The lowest BCUT2D eigenvalue weighted by Gasteiger charge is -2.14. The second-order valence-electron chi connectivity index (χ2n) is 5.39. The number of methoxy groups -OCH3 is 3. The van der Waals surface area contributed by atoms with Crippen molar-refractivity contribution in [2.75, 3.05) is 27.9 Å². The van der Waals surface area contributed by atoms with E-state index in [-0.39, 0.29) is 13.2 Å². The summed E-state index contributed by atoms with van der Waals surface area (Å²) in [7, 11) is 4.57. The molecule has 7 heteroatoms. The van der Waals surface area contributed by atoms with Crippen LogP contribution in [0.5, 0.6) is 23.0 Å². The highest BCUT2D eigenvalue weighted by Gasteiger charge is 2.14. The van der Waals surface area contributed by atoms with Crippen LogP contribution in [0.1, 0.15) is 11.1 Å². The Labute approximate surface area is 157 Å². The van der Waals surface area contributed by atoms with Crippen LogP contribution in [-0.2, 0) is 16.1 Å². The molecule has 0 N–H and O–H groups in total. The number of hydrogen-bond donors (Lipinski definition) is 0. The van der Waals surface area contributed by atoms with Crippen molar-refractivity contribution >= 4 is 17.6 Å². The summed E-state index contributed by atoms with van der Waals surface area (Å²) in [5.41, 5.74) is 1.57. The molecule has 2 aromatic carbocycles. The van der Waals surface area contributed by atoms with E-state index in [1.54, 1.807) is 30.3 Å². The van der Waals surface area contributed by atoms with Crippen LogP contribution in [0.3, 0.4) is 0 Å². The van der Waals surface area contributed by atoms with Gasteiger partial charge in [0.1, 0.15) is 12.4 Å². The fraction of sp³-hybridized carbons (Fsp3) is 0.316. The summed E-state index contributed by atoms with van der Waals surface area (Å²) in [5.74, 6) is 1.52. The van der Waals surface area contributed by atoms with Crippen molar-refractivity contribution in [2.45, 2.75) is 13.5 Å². The molecular formula is C19H21ClO6. The van der Waals surface area contributed by atoms with Gasteiger partial charge in [0.2, 0.25) is 5.75 Å². The average Bonchev–Trinajstić information content (AvgIpc) is 2.66. The summed E-state index contributed by atoms with van der Waals surface area (Å²) in [5, 5.41) is 0.641. The van der Waals surface area contributed by atoms with E-state index in [9.17, 15) is 4.79 Å². The minimum Gasteiger partial charge on any atom is -0.493 e. The lowest BCUT2D eigenvalue weighted by molar-refractivity contribution is -0.147. The minimum absolute atomic E-state index is 0.0541. The number of aryl methyl sites for hydroxylation is 1. The monoisotopic (exact) mass is 380 g/mol. The lowest BCUT2D eigenvalue weighted by Crippen LogP contribution is -2.15. The molecular weight excluding hydrogens is 360 g/mol. The number of halogens is 1. The third-order valence-electron chi connectivity index (χ3n) is 3.61. The highest BCUT2D eigenvalue weighted by Crippen LogP contribution is 2.38. The van der Waals surface area contributed by atoms with E-state index in [2.05, 4.69) is 0 Å². The molecule has 0 saturated heterocycles. The molecule has 2 rings (SSSR count). The highest BCUT2D eigenvalue weighted by molar-refractivity contribution is 6.31. The van der Waals surface area contributed by atoms with Gasteiger partial charge in [0.05, 0.1) is 21.3 Å². The Morgan fingerprint density at radius 2 is 1.65 bits per heavy atom. The third kappa shape index (κ3) is 4.95. The van der Waals surface area contributed by atoms with E-state index in [0.29, 0.717) is 33.6 Å². The third-order valence-corrected chi connectivity index (χ3v) is 4.03. The van der Waals surface area contributed by atoms with Crippen LogP contribution in [0.4, 0.5) is 0 Å². The maximum absolute atomic E-state index is 11.9. The second-order valence-corrected chi connectivity index (χ2v) is 5.80. The largest absolute Gasteiger partial charge is 0.493 e.